The molecule has 0 saturated heterocycles. The van der Waals surface area contributed by atoms with Gasteiger partial charge in [-0.1, -0.05) is 6.42 Å². The van der Waals surface area contributed by atoms with Gasteiger partial charge in [0.05, 0.1) is 20.3 Å². The van der Waals surface area contributed by atoms with Crippen LogP contribution in [0.15, 0.2) is 18.2 Å². The van der Waals surface area contributed by atoms with Crippen molar-refractivity contribution in [2.45, 2.75) is 37.8 Å². The average Bonchev–Trinajstić information content (AvgIpc) is 2.47. The van der Waals surface area contributed by atoms with Crippen molar-refractivity contribution in [3.63, 3.8) is 0 Å². The van der Waals surface area contributed by atoms with E-state index in [1.54, 1.807) is 20.3 Å². The number of nitrogens with one attached hydrogen (secondary N) is 1. The van der Waals surface area contributed by atoms with Crippen LogP contribution in [-0.2, 0) is 0 Å². The van der Waals surface area contributed by atoms with Crippen molar-refractivity contribution in [3.8, 4) is 11.5 Å². The van der Waals surface area contributed by atoms with E-state index in [0.29, 0.717) is 17.9 Å². The Bertz CT molecular complexity index is 478. The normalized spacial score (nSPS) is 22.1. The van der Waals surface area contributed by atoms with Crippen LogP contribution in [0.5, 0.6) is 11.5 Å². The van der Waals surface area contributed by atoms with Crippen molar-refractivity contribution in [2.75, 3.05) is 19.5 Å². The topological polar surface area (TPSA) is 73.6 Å². The summed E-state index contributed by atoms with van der Waals surface area (Å²) in [6.07, 6.45) is 3.41. The first-order chi connectivity index (χ1) is 9.65. The third-order valence-corrected chi connectivity index (χ3v) is 3.74. The van der Waals surface area contributed by atoms with Gasteiger partial charge in [-0.25, -0.2) is 0 Å². The first-order valence-electron chi connectivity index (χ1n) is 6.77. The molecule has 1 aliphatic rings. The molecule has 6 nitrogen and oxygen atoms in total. The number of methoxy groups -OCH3 is 2. The largest absolute Gasteiger partial charge is 0.493 e. The minimum absolute atomic E-state index is 0.128. The second-order valence-corrected chi connectivity index (χ2v) is 4.96. The van der Waals surface area contributed by atoms with E-state index >= 15 is 0 Å². The van der Waals surface area contributed by atoms with Gasteiger partial charge < -0.3 is 14.8 Å². The molecule has 1 N–H and O–H groups in total. The van der Waals surface area contributed by atoms with E-state index in [-0.39, 0.29) is 11.0 Å². The summed E-state index contributed by atoms with van der Waals surface area (Å²) in [6, 6.07) is 4.82. The van der Waals surface area contributed by atoms with Crippen LogP contribution in [0.25, 0.3) is 0 Å². The van der Waals surface area contributed by atoms with Crippen LogP contribution < -0.4 is 14.8 Å². The maximum absolute atomic E-state index is 11.1. The molecular formula is C14H20N2O4. The van der Waals surface area contributed by atoms with Gasteiger partial charge in [-0.2, -0.15) is 0 Å². The lowest BCUT2D eigenvalue weighted by molar-refractivity contribution is -0.527. The Balaban J connectivity index is 2.13. The monoisotopic (exact) mass is 280 g/mol. The Labute approximate surface area is 118 Å². The Kier molecular flexibility index (Phi) is 4.65. The van der Waals surface area contributed by atoms with Crippen LogP contribution in [0, 0.1) is 10.1 Å². The van der Waals surface area contributed by atoms with Crippen LogP contribution in [-0.4, -0.2) is 31.2 Å². The number of benzene rings is 1. The van der Waals surface area contributed by atoms with Crippen LogP contribution in [0.4, 0.5) is 5.69 Å². The third kappa shape index (κ3) is 3.12. The number of hydrogen-bond acceptors (Lipinski definition) is 5. The molecule has 0 unspecified atom stereocenters. The summed E-state index contributed by atoms with van der Waals surface area (Å²) in [7, 11) is 3.15. The minimum atomic E-state index is -0.517. The fourth-order valence-corrected chi connectivity index (χ4v) is 2.67. The molecule has 110 valence electrons. The van der Waals surface area contributed by atoms with Gasteiger partial charge in [0, 0.05) is 23.1 Å². The van der Waals surface area contributed by atoms with E-state index in [2.05, 4.69) is 5.32 Å². The summed E-state index contributed by atoms with van der Waals surface area (Å²) < 4.78 is 10.4. The molecular weight excluding hydrogens is 260 g/mol. The predicted molar refractivity (Wildman–Crippen MR) is 76.2 cm³/mol. The molecule has 6 heteroatoms. The molecule has 2 atom stereocenters. The van der Waals surface area contributed by atoms with Gasteiger partial charge >= 0.3 is 0 Å². The molecule has 0 aromatic heterocycles. The molecule has 0 aliphatic heterocycles. The fourth-order valence-electron chi connectivity index (χ4n) is 2.67. The zero-order valence-electron chi connectivity index (χ0n) is 11.8. The average molecular weight is 280 g/mol. The first-order valence-corrected chi connectivity index (χ1v) is 6.77. The minimum Gasteiger partial charge on any atom is -0.493 e. The zero-order chi connectivity index (χ0) is 14.5. The lowest BCUT2D eigenvalue weighted by Gasteiger charge is -2.27. The van der Waals surface area contributed by atoms with Gasteiger partial charge in [0.2, 0.25) is 6.04 Å². The second kappa shape index (κ2) is 6.45. The van der Waals surface area contributed by atoms with E-state index in [4.69, 9.17) is 9.47 Å². The summed E-state index contributed by atoms with van der Waals surface area (Å²) >= 11 is 0. The van der Waals surface area contributed by atoms with Gasteiger partial charge in [-0.3, -0.25) is 10.1 Å². The SMILES string of the molecule is COc1ccc(N[C@H]2CCCC[C@@H]2[N+](=O)[O-])cc1OC. The molecule has 0 bridgehead atoms. The number of anilines is 1. The van der Waals surface area contributed by atoms with Crippen LogP contribution >= 0.6 is 0 Å². The van der Waals surface area contributed by atoms with Gasteiger partial charge in [0.25, 0.3) is 0 Å². The molecule has 2 rings (SSSR count). The quantitative estimate of drug-likeness (QED) is 0.663. The highest BCUT2D eigenvalue weighted by molar-refractivity contribution is 5.55. The predicted octanol–water partition coefficient (Wildman–Crippen LogP) is 2.70. The molecule has 0 heterocycles. The molecule has 0 spiro atoms. The Morgan fingerprint density at radius 2 is 1.90 bits per heavy atom. The maximum Gasteiger partial charge on any atom is 0.232 e. The smallest absolute Gasteiger partial charge is 0.232 e. The number of hydrogen-bond donors (Lipinski definition) is 1. The molecule has 1 aromatic rings. The van der Waals surface area contributed by atoms with Crippen LogP contribution in [0.2, 0.25) is 0 Å². The molecule has 0 radical (unpaired) electrons. The second-order valence-electron chi connectivity index (χ2n) is 4.96. The van der Waals surface area contributed by atoms with Crippen molar-refractivity contribution in [2.24, 2.45) is 0 Å². The van der Waals surface area contributed by atoms with Crippen molar-refractivity contribution < 1.29 is 14.4 Å². The molecule has 1 aromatic carbocycles. The van der Waals surface area contributed by atoms with Crippen molar-refractivity contribution >= 4 is 5.69 Å². The zero-order valence-corrected chi connectivity index (χ0v) is 11.8. The molecule has 20 heavy (non-hydrogen) atoms. The standard InChI is InChI=1S/C14H20N2O4/c1-19-13-8-7-10(9-14(13)20-2)15-11-5-3-4-6-12(11)16(17)18/h7-9,11-12,15H,3-6H2,1-2H3/t11-,12-/m0/s1. The summed E-state index contributed by atoms with van der Waals surface area (Å²) in [6.45, 7) is 0. The molecule has 1 fully saturated rings. The Morgan fingerprint density at radius 1 is 1.20 bits per heavy atom. The highest BCUT2D eigenvalue weighted by Gasteiger charge is 2.33. The van der Waals surface area contributed by atoms with E-state index < -0.39 is 6.04 Å². The van der Waals surface area contributed by atoms with Crippen molar-refractivity contribution in [1.29, 1.82) is 0 Å². The van der Waals surface area contributed by atoms with Crippen LogP contribution in [0.1, 0.15) is 25.7 Å². The van der Waals surface area contributed by atoms with E-state index in [1.807, 2.05) is 12.1 Å². The fraction of sp³-hybridized carbons (Fsp3) is 0.571. The third-order valence-electron chi connectivity index (χ3n) is 3.74. The van der Waals surface area contributed by atoms with Crippen LogP contribution in [0.3, 0.4) is 0 Å². The lowest BCUT2D eigenvalue weighted by Crippen LogP contribution is -2.41. The summed E-state index contributed by atoms with van der Waals surface area (Å²) in [5, 5.41) is 14.4. The number of nitrogens with zero attached hydrogens (tertiary/aromatic N) is 1. The van der Waals surface area contributed by atoms with Crippen molar-refractivity contribution in [1.82, 2.24) is 0 Å². The maximum atomic E-state index is 11.1. The molecule has 1 aliphatic carbocycles. The number of nitro groups is 1. The molecule has 0 amide bonds. The number of ether oxygens (including phenoxy) is 2. The van der Waals surface area contributed by atoms with Gasteiger partial charge in [0.1, 0.15) is 0 Å². The van der Waals surface area contributed by atoms with Crippen molar-refractivity contribution in [3.05, 3.63) is 28.3 Å². The Morgan fingerprint density at radius 3 is 2.55 bits per heavy atom. The van der Waals surface area contributed by atoms with E-state index in [9.17, 15) is 10.1 Å². The first kappa shape index (κ1) is 14.4. The summed E-state index contributed by atoms with van der Waals surface area (Å²) in [4.78, 5) is 10.9. The number of rotatable bonds is 5. The van der Waals surface area contributed by atoms with E-state index in [0.717, 1.165) is 24.9 Å². The van der Waals surface area contributed by atoms with Gasteiger partial charge in [0.15, 0.2) is 11.5 Å². The highest BCUT2D eigenvalue weighted by Crippen LogP contribution is 2.31. The lowest BCUT2D eigenvalue weighted by atomic mass is 9.90. The summed E-state index contributed by atoms with van der Waals surface area (Å²) in [5.41, 5.74) is 0.821. The Hall–Kier alpha value is -1.98. The highest BCUT2D eigenvalue weighted by atomic mass is 16.6. The van der Waals surface area contributed by atoms with Gasteiger partial charge in [-0.05, 0) is 25.0 Å². The molecule has 1 saturated carbocycles. The van der Waals surface area contributed by atoms with Gasteiger partial charge in [-0.15, -0.1) is 0 Å². The summed E-state index contributed by atoms with van der Waals surface area (Å²) in [5.74, 6) is 1.26. The van der Waals surface area contributed by atoms with E-state index in [1.165, 1.54) is 0 Å².